The van der Waals surface area contributed by atoms with E-state index in [1.165, 1.54) is 0 Å². The molecule has 35 heavy (non-hydrogen) atoms. The highest BCUT2D eigenvalue weighted by atomic mass is 16.5. The van der Waals surface area contributed by atoms with Gasteiger partial charge in [-0.2, -0.15) is 0 Å². The van der Waals surface area contributed by atoms with Crippen molar-refractivity contribution in [2.45, 2.75) is 18.7 Å². The Kier molecular flexibility index (Phi) is 7.64. The minimum atomic E-state index is -0.972. The number of ether oxygens (including phenoxy) is 3. The van der Waals surface area contributed by atoms with E-state index in [0.29, 0.717) is 34.9 Å². The van der Waals surface area contributed by atoms with Crippen molar-refractivity contribution in [3.05, 3.63) is 89.5 Å². The maximum Gasteiger partial charge on any atom is 0.255 e. The van der Waals surface area contributed by atoms with Crippen LogP contribution in [0.2, 0.25) is 0 Å². The Labute approximate surface area is 204 Å². The van der Waals surface area contributed by atoms with Gasteiger partial charge in [0.25, 0.3) is 5.91 Å². The Morgan fingerprint density at radius 2 is 1.77 bits per heavy atom. The van der Waals surface area contributed by atoms with E-state index < -0.39 is 12.1 Å². The molecule has 0 bridgehead atoms. The first-order chi connectivity index (χ1) is 17.0. The molecule has 1 saturated heterocycles. The third-order valence-electron chi connectivity index (χ3n) is 5.99. The number of aliphatic hydroxyl groups is 1. The summed E-state index contributed by atoms with van der Waals surface area (Å²) in [4.78, 5) is 26.8. The van der Waals surface area contributed by atoms with Crippen LogP contribution in [0, 0.1) is 0 Å². The minimum absolute atomic E-state index is 0.0330. The topological polar surface area (TPSA) is 97.3 Å². The summed E-state index contributed by atoms with van der Waals surface area (Å²) in [6, 6.07) is 20.6. The number of para-hydroxylation sites is 1. The molecule has 1 aliphatic heterocycles. The van der Waals surface area contributed by atoms with Gasteiger partial charge < -0.3 is 29.5 Å². The molecule has 2 atom stereocenters. The largest absolute Gasteiger partial charge is 0.497 e. The number of morpholine rings is 1. The summed E-state index contributed by atoms with van der Waals surface area (Å²) in [5.41, 5.74) is 2.54. The maximum atomic E-state index is 12.7. The van der Waals surface area contributed by atoms with Crippen molar-refractivity contribution in [2.75, 3.05) is 32.8 Å². The number of carbonyl (C=O) groups excluding carboxylic acids is 2. The summed E-state index contributed by atoms with van der Waals surface area (Å²) >= 11 is 0. The average molecular weight is 477 g/mol. The van der Waals surface area contributed by atoms with Crippen LogP contribution in [0.5, 0.6) is 11.5 Å². The molecular formula is C27H28N2O6. The number of hydrogen-bond donors (Lipinski definition) is 2. The number of methoxy groups -OCH3 is 2. The van der Waals surface area contributed by atoms with E-state index in [4.69, 9.17) is 14.2 Å². The van der Waals surface area contributed by atoms with Gasteiger partial charge >= 0.3 is 0 Å². The van der Waals surface area contributed by atoms with Gasteiger partial charge in [-0.1, -0.05) is 30.3 Å². The van der Waals surface area contributed by atoms with Crippen LogP contribution >= 0.6 is 0 Å². The number of anilines is 1. The zero-order valence-corrected chi connectivity index (χ0v) is 19.6. The SMILES string of the molecule is COc1ccc(C(=O)Nc2ccc(C(O)C3COCC(=O)N3Cc3ccccc3OC)cc2)cc1. The molecule has 8 nitrogen and oxygen atoms in total. The molecule has 0 aromatic heterocycles. The predicted molar refractivity (Wildman–Crippen MR) is 130 cm³/mol. The second-order valence-corrected chi connectivity index (χ2v) is 8.17. The average Bonchev–Trinajstić information content (AvgIpc) is 2.90. The zero-order valence-electron chi connectivity index (χ0n) is 19.6. The van der Waals surface area contributed by atoms with Crippen LogP contribution < -0.4 is 14.8 Å². The minimum Gasteiger partial charge on any atom is -0.497 e. The molecule has 2 unspecified atom stereocenters. The normalized spacial score (nSPS) is 16.5. The van der Waals surface area contributed by atoms with Gasteiger partial charge in [0.05, 0.1) is 26.9 Å². The second kappa shape index (κ2) is 11.0. The molecule has 1 heterocycles. The first-order valence-electron chi connectivity index (χ1n) is 11.2. The van der Waals surface area contributed by atoms with E-state index in [-0.39, 0.29) is 25.0 Å². The molecule has 4 rings (SSSR count). The molecule has 2 amide bonds. The van der Waals surface area contributed by atoms with Gasteiger partial charge in [0.1, 0.15) is 24.2 Å². The number of benzene rings is 3. The van der Waals surface area contributed by atoms with Crippen molar-refractivity contribution < 1.29 is 28.9 Å². The molecule has 2 N–H and O–H groups in total. The van der Waals surface area contributed by atoms with E-state index in [2.05, 4.69) is 5.32 Å². The molecule has 0 spiro atoms. The number of aliphatic hydroxyl groups excluding tert-OH is 1. The van der Waals surface area contributed by atoms with Crippen molar-refractivity contribution in [1.29, 1.82) is 0 Å². The van der Waals surface area contributed by atoms with Crippen LogP contribution in [-0.4, -0.2) is 55.3 Å². The van der Waals surface area contributed by atoms with Gasteiger partial charge in [-0.15, -0.1) is 0 Å². The first kappa shape index (κ1) is 24.3. The van der Waals surface area contributed by atoms with Crippen LogP contribution in [0.1, 0.15) is 27.6 Å². The lowest BCUT2D eigenvalue weighted by Gasteiger charge is -2.38. The van der Waals surface area contributed by atoms with Gasteiger partial charge in [-0.25, -0.2) is 0 Å². The molecule has 1 aliphatic rings. The van der Waals surface area contributed by atoms with E-state index in [0.717, 1.165) is 5.56 Å². The number of nitrogens with one attached hydrogen (secondary N) is 1. The number of rotatable bonds is 8. The van der Waals surface area contributed by atoms with Gasteiger partial charge in [0, 0.05) is 23.4 Å². The summed E-state index contributed by atoms with van der Waals surface area (Å²) in [5.74, 6) is 0.895. The van der Waals surface area contributed by atoms with Gasteiger partial charge in [0.2, 0.25) is 5.91 Å². The highest BCUT2D eigenvalue weighted by Crippen LogP contribution is 2.29. The first-order valence-corrected chi connectivity index (χ1v) is 11.2. The fourth-order valence-corrected chi connectivity index (χ4v) is 4.04. The third-order valence-corrected chi connectivity index (χ3v) is 5.99. The smallest absolute Gasteiger partial charge is 0.255 e. The number of amides is 2. The van der Waals surface area contributed by atoms with Crippen molar-refractivity contribution in [2.24, 2.45) is 0 Å². The van der Waals surface area contributed by atoms with Gasteiger partial charge in [0.15, 0.2) is 0 Å². The molecule has 0 aliphatic carbocycles. The molecule has 0 saturated carbocycles. The summed E-state index contributed by atoms with van der Waals surface area (Å²) < 4.78 is 16.0. The Balaban J connectivity index is 1.46. The van der Waals surface area contributed by atoms with E-state index in [1.807, 2.05) is 24.3 Å². The quantitative estimate of drug-likeness (QED) is 0.517. The molecule has 1 fully saturated rings. The Morgan fingerprint density at radius 1 is 1.06 bits per heavy atom. The Morgan fingerprint density at radius 3 is 2.46 bits per heavy atom. The lowest BCUT2D eigenvalue weighted by molar-refractivity contribution is -0.155. The third kappa shape index (κ3) is 5.62. The van der Waals surface area contributed by atoms with Crippen LogP contribution in [0.15, 0.2) is 72.8 Å². The second-order valence-electron chi connectivity index (χ2n) is 8.17. The fraction of sp³-hybridized carbons (Fsp3) is 0.259. The number of hydrogen-bond acceptors (Lipinski definition) is 6. The summed E-state index contributed by atoms with van der Waals surface area (Å²) in [5, 5.41) is 14.0. The van der Waals surface area contributed by atoms with Crippen LogP contribution in [-0.2, 0) is 16.1 Å². The summed E-state index contributed by atoms with van der Waals surface area (Å²) in [7, 11) is 3.15. The fourth-order valence-electron chi connectivity index (χ4n) is 4.04. The molecule has 0 radical (unpaired) electrons. The lowest BCUT2D eigenvalue weighted by atomic mass is 9.99. The van der Waals surface area contributed by atoms with Crippen LogP contribution in [0.3, 0.4) is 0 Å². The van der Waals surface area contributed by atoms with Crippen molar-refractivity contribution in [1.82, 2.24) is 4.90 Å². The number of carbonyl (C=O) groups is 2. The molecule has 3 aromatic carbocycles. The molecule has 8 heteroatoms. The molecule has 182 valence electrons. The Hall–Kier alpha value is -3.88. The van der Waals surface area contributed by atoms with Gasteiger partial charge in [-0.05, 0) is 48.0 Å². The highest BCUT2D eigenvalue weighted by Gasteiger charge is 2.35. The predicted octanol–water partition coefficient (Wildman–Crippen LogP) is 3.42. The van der Waals surface area contributed by atoms with Crippen molar-refractivity contribution in [3.8, 4) is 11.5 Å². The monoisotopic (exact) mass is 476 g/mol. The van der Waals surface area contributed by atoms with E-state index in [9.17, 15) is 14.7 Å². The van der Waals surface area contributed by atoms with Gasteiger partial charge in [-0.3, -0.25) is 9.59 Å². The van der Waals surface area contributed by atoms with Crippen molar-refractivity contribution >= 4 is 17.5 Å². The van der Waals surface area contributed by atoms with Crippen molar-refractivity contribution in [3.63, 3.8) is 0 Å². The Bertz CT molecular complexity index is 1160. The lowest BCUT2D eigenvalue weighted by Crippen LogP contribution is -2.51. The summed E-state index contributed by atoms with van der Waals surface area (Å²) in [6.07, 6.45) is -0.972. The summed E-state index contributed by atoms with van der Waals surface area (Å²) in [6.45, 7) is 0.469. The number of nitrogens with zero attached hydrogens (tertiary/aromatic N) is 1. The highest BCUT2D eigenvalue weighted by molar-refractivity contribution is 6.04. The van der Waals surface area contributed by atoms with E-state index >= 15 is 0 Å². The van der Waals surface area contributed by atoms with E-state index in [1.54, 1.807) is 67.7 Å². The van der Waals surface area contributed by atoms with Crippen LogP contribution in [0.4, 0.5) is 5.69 Å². The standard InChI is InChI=1S/C27H28N2O6/c1-33-22-13-9-19(10-14-22)27(32)28-21-11-7-18(8-12-21)26(31)23-16-35-17-25(30)29(23)15-20-5-3-4-6-24(20)34-2/h3-14,23,26,31H,15-17H2,1-2H3,(H,28,32). The molecule has 3 aromatic rings. The zero-order chi connectivity index (χ0) is 24.8. The molecular weight excluding hydrogens is 448 g/mol. The maximum absolute atomic E-state index is 12.7. The van der Waals surface area contributed by atoms with Crippen LogP contribution in [0.25, 0.3) is 0 Å².